The van der Waals surface area contributed by atoms with Crippen molar-refractivity contribution in [3.05, 3.63) is 17.5 Å². The number of rotatable bonds is 3. The molecule has 6 heteroatoms. The normalized spacial score (nSPS) is 23.9. The molecule has 17 heavy (non-hydrogen) atoms. The Morgan fingerprint density at radius 1 is 1.76 bits per heavy atom. The van der Waals surface area contributed by atoms with Crippen molar-refractivity contribution in [2.24, 2.45) is 0 Å². The number of carbonyl (C=O) groups excluding carboxylic acids is 1. The average molecular weight is 239 g/mol. The molecule has 1 aromatic rings. The van der Waals surface area contributed by atoms with Gasteiger partial charge in [-0.1, -0.05) is 5.16 Å². The second-order valence-electron chi connectivity index (χ2n) is 4.47. The molecule has 6 nitrogen and oxygen atoms in total. The van der Waals surface area contributed by atoms with Crippen LogP contribution in [-0.2, 0) is 11.3 Å². The number of aliphatic hydroxyl groups is 1. The van der Waals surface area contributed by atoms with Gasteiger partial charge in [-0.3, -0.25) is 4.79 Å². The topological polar surface area (TPSA) is 78.6 Å². The molecule has 2 atom stereocenters. The highest BCUT2D eigenvalue weighted by Crippen LogP contribution is 2.11. The fraction of sp³-hybridized carbons (Fsp3) is 0.636. The van der Waals surface area contributed by atoms with Crippen LogP contribution in [0, 0.1) is 6.92 Å². The third-order valence-electron chi connectivity index (χ3n) is 2.86. The zero-order chi connectivity index (χ0) is 12.4. The van der Waals surface area contributed by atoms with Crippen LogP contribution in [0.5, 0.6) is 0 Å². The number of carbonyl (C=O) groups is 1. The molecule has 0 aliphatic carbocycles. The van der Waals surface area contributed by atoms with E-state index in [1.165, 1.54) is 0 Å². The lowest BCUT2D eigenvalue weighted by molar-refractivity contribution is -0.132. The van der Waals surface area contributed by atoms with Gasteiger partial charge in [0.2, 0.25) is 5.91 Å². The van der Waals surface area contributed by atoms with Crippen molar-refractivity contribution in [1.82, 2.24) is 15.4 Å². The molecule has 1 aliphatic rings. The predicted octanol–water partition coefficient (Wildman–Crippen LogP) is -0.336. The van der Waals surface area contributed by atoms with Gasteiger partial charge in [0, 0.05) is 19.7 Å². The number of aromatic nitrogens is 1. The summed E-state index contributed by atoms with van der Waals surface area (Å²) >= 11 is 0. The summed E-state index contributed by atoms with van der Waals surface area (Å²) in [5, 5.41) is 16.2. The molecular formula is C11H17N3O3. The number of aryl methyl sites for hydroxylation is 1. The molecule has 0 radical (unpaired) electrons. The van der Waals surface area contributed by atoms with E-state index in [1.54, 1.807) is 18.0 Å². The van der Waals surface area contributed by atoms with Crippen molar-refractivity contribution < 1.29 is 14.4 Å². The number of aliphatic hydroxyl groups excluding tert-OH is 1. The fourth-order valence-electron chi connectivity index (χ4n) is 1.98. The van der Waals surface area contributed by atoms with Gasteiger partial charge in [-0.05, 0) is 13.3 Å². The van der Waals surface area contributed by atoms with E-state index in [9.17, 15) is 9.90 Å². The van der Waals surface area contributed by atoms with Gasteiger partial charge < -0.3 is 19.8 Å². The number of likely N-dealkylation sites (N-methyl/N-ethyl adjacent to an activating group) is 1. The van der Waals surface area contributed by atoms with Gasteiger partial charge in [-0.15, -0.1) is 0 Å². The van der Waals surface area contributed by atoms with Gasteiger partial charge in [0.25, 0.3) is 0 Å². The Morgan fingerprint density at radius 3 is 3.06 bits per heavy atom. The van der Waals surface area contributed by atoms with Gasteiger partial charge >= 0.3 is 0 Å². The standard InChI is InChI=1S/C11H17N3O3/c1-7-3-8(13-17-7)6-14(2)11(16)10-4-9(15)5-12-10/h3,9-10,12,15H,4-6H2,1-2H3. The average Bonchev–Trinajstić information content (AvgIpc) is 2.87. The molecule has 2 unspecified atom stereocenters. The molecule has 1 saturated heterocycles. The summed E-state index contributed by atoms with van der Waals surface area (Å²) in [6, 6.07) is 1.52. The van der Waals surface area contributed by atoms with Crippen molar-refractivity contribution in [3.63, 3.8) is 0 Å². The predicted molar refractivity (Wildman–Crippen MR) is 60.1 cm³/mol. The van der Waals surface area contributed by atoms with Gasteiger partial charge in [0.15, 0.2) is 0 Å². The van der Waals surface area contributed by atoms with Crippen LogP contribution in [0.3, 0.4) is 0 Å². The molecule has 1 aromatic heterocycles. The van der Waals surface area contributed by atoms with E-state index in [4.69, 9.17) is 4.52 Å². The van der Waals surface area contributed by atoms with Crippen LogP contribution in [0.1, 0.15) is 17.9 Å². The van der Waals surface area contributed by atoms with E-state index >= 15 is 0 Å². The fourth-order valence-corrected chi connectivity index (χ4v) is 1.98. The number of nitrogens with one attached hydrogen (secondary N) is 1. The minimum Gasteiger partial charge on any atom is -0.392 e. The molecule has 1 aliphatic heterocycles. The van der Waals surface area contributed by atoms with Gasteiger partial charge in [-0.25, -0.2) is 0 Å². The minimum absolute atomic E-state index is 0.0257. The SMILES string of the molecule is Cc1cc(CN(C)C(=O)C2CC(O)CN2)no1. The lowest BCUT2D eigenvalue weighted by Gasteiger charge is -2.19. The molecule has 0 bridgehead atoms. The smallest absolute Gasteiger partial charge is 0.239 e. The lowest BCUT2D eigenvalue weighted by Crippen LogP contribution is -2.41. The van der Waals surface area contributed by atoms with Gasteiger partial charge in [0.05, 0.1) is 18.7 Å². The first-order valence-corrected chi connectivity index (χ1v) is 5.65. The van der Waals surface area contributed by atoms with Crippen LogP contribution < -0.4 is 5.32 Å². The first-order valence-electron chi connectivity index (χ1n) is 5.65. The highest BCUT2D eigenvalue weighted by molar-refractivity contribution is 5.82. The largest absolute Gasteiger partial charge is 0.392 e. The summed E-state index contributed by atoms with van der Waals surface area (Å²) in [5.41, 5.74) is 0.733. The second-order valence-corrected chi connectivity index (χ2v) is 4.47. The van der Waals surface area contributed by atoms with Crippen LogP contribution in [0.15, 0.2) is 10.6 Å². The number of β-amino-alcohol motifs (C(OH)–C–C–N with tert-alkyl or cyclic N) is 1. The summed E-state index contributed by atoms with van der Waals surface area (Å²) in [6.07, 6.45) is 0.0488. The Kier molecular flexibility index (Phi) is 3.44. The van der Waals surface area contributed by atoms with E-state index in [0.717, 1.165) is 11.5 Å². The molecule has 0 aromatic carbocycles. The zero-order valence-electron chi connectivity index (χ0n) is 10.0. The van der Waals surface area contributed by atoms with Gasteiger partial charge in [0.1, 0.15) is 11.5 Å². The highest BCUT2D eigenvalue weighted by Gasteiger charge is 2.30. The van der Waals surface area contributed by atoms with Crippen LogP contribution in [0.25, 0.3) is 0 Å². The third kappa shape index (κ3) is 2.83. The Bertz CT molecular complexity index is 404. The van der Waals surface area contributed by atoms with Crippen LogP contribution in [-0.4, -0.2) is 46.8 Å². The Balaban J connectivity index is 1.91. The van der Waals surface area contributed by atoms with Crippen molar-refractivity contribution in [2.75, 3.05) is 13.6 Å². The quantitative estimate of drug-likeness (QED) is 0.754. The number of hydrogen-bond acceptors (Lipinski definition) is 5. The molecule has 1 fully saturated rings. The molecule has 1 amide bonds. The minimum atomic E-state index is -0.424. The molecular weight excluding hydrogens is 222 g/mol. The summed E-state index contributed by atoms with van der Waals surface area (Å²) < 4.78 is 4.94. The first kappa shape index (κ1) is 12.1. The second kappa shape index (κ2) is 4.85. The molecule has 94 valence electrons. The van der Waals surface area contributed by atoms with Crippen LogP contribution >= 0.6 is 0 Å². The van der Waals surface area contributed by atoms with Crippen molar-refractivity contribution in [1.29, 1.82) is 0 Å². The zero-order valence-corrected chi connectivity index (χ0v) is 10.0. The number of nitrogens with zero attached hydrogens (tertiary/aromatic N) is 2. The summed E-state index contributed by atoms with van der Waals surface area (Å²) in [4.78, 5) is 13.6. The Labute approximate surface area is 99.6 Å². The maximum Gasteiger partial charge on any atom is 0.239 e. The first-order chi connectivity index (χ1) is 8.06. The molecule has 0 spiro atoms. The van der Waals surface area contributed by atoms with E-state index in [2.05, 4.69) is 10.5 Å². The summed E-state index contributed by atoms with van der Waals surface area (Å²) in [6.45, 7) is 2.71. The van der Waals surface area contributed by atoms with E-state index in [-0.39, 0.29) is 11.9 Å². The lowest BCUT2D eigenvalue weighted by atomic mass is 10.2. The Hall–Kier alpha value is -1.40. The summed E-state index contributed by atoms with van der Waals surface area (Å²) in [7, 11) is 1.72. The van der Waals surface area contributed by atoms with Crippen molar-refractivity contribution in [3.8, 4) is 0 Å². The maximum absolute atomic E-state index is 12.0. The van der Waals surface area contributed by atoms with Crippen LogP contribution in [0.2, 0.25) is 0 Å². The molecule has 2 heterocycles. The van der Waals surface area contributed by atoms with E-state index in [0.29, 0.717) is 19.5 Å². The van der Waals surface area contributed by atoms with E-state index < -0.39 is 6.10 Å². The van der Waals surface area contributed by atoms with Crippen LogP contribution in [0.4, 0.5) is 0 Å². The van der Waals surface area contributed by atoms with Crippen molar-refractivity contribution in [2.45, 2.75) is 32.0 Å². The highest BCUT2D eigenvalue weighted by atomic mass is 16.5. The molecule has 2 rings (SSSR count). The number of amides is 1. The van der Waals surface area contributed by atoms with Crippen molar-refractivity contribution >= 4 is 5.91 Å². The summed E-state index contributed by atoms with van der Waals surface area (Å²) in [5.74, 6) is 0.706. The van der Waals surface area contributed by atoms with E-state index in [1.807, 2.05) is 6.92 Å². The number of hydrogen-bond donors (Lipinski definition) is 2. The Morgan fingerprint density at radius 2 is 2.53 bits per heavy atom. The van der Waals surface area contributed by atoms with Gasteiger partial charge in [-0.2, -0.15) is 0 Å². The third-order valence-corrected chi connectivity index (χ3v) is 2.86. The monoisotopic (exact) mass is 239 g/mol. The maximum atomic E-state index is 12.0. The molecule has 2 N–H and O–H groups in total. The molecule has 0 saturated carbocycles.